The molecular formula is C14H15N3. The summed E-state index contributed by atoms with van der Waals surface area (Å²) < 4.78 is 2.09. The molecule has 1 heterocycles. The van der Waals surface area contributed by atoms with Crippen LogP contribution in [0.4, 0.5) is 0 Å². The number of aromatic nitrogens is 2. The molecule has 0 saturated heterocycles. The Morgan fingerprint density at radius 1 is 1.41 bits per heavy atom. The van der Waals surface area contributed by atoms with Crippen LogP contribution >= 0.6 is 0 Å². The molecule has 0 amide bonds. The highest BCUT2D eigenvalue weighted by molar-refractivity contribution is 5.33. The summed E-state index contributed by atoms with van der Waals surface area (Å²) in [6, 6.07) is 9.92. The third-order valence-electron chi connectivity index (χ3n) is 2.90. The molecule has 0 spiro atoms. The van der Waals surface area contributed by atoms with Crippen molar-refractivity contribution in [1.29, 1.82) is 5.26 Å². The largest absolute Gasteiger partial charge is 0.332 e. The van der Waals surface area contributed by atoms with E-state index >= 15 is 0 Å². The van der Waals surface area contributed by atoms with Gasteiger partial charge in [-0.3, -0.25) is 0 Å². The molecule has 0 fully saturated rings. The van der Waals surface area contributed by atoms with Gasteiger partial charge >= 0.3 is 0 Å². The fourth-order valence-electron chi connectivity index (χ4n) is 1.96. The van der Waals surface area contributed by atoms with Gasteiger partial charge in [-0.25, -0.2) is 4.98 Å². The first-order valence-corrected chi connectivity index (χ1v) is 5.59. The molecule has 0 saturated carbocycles. The molecule has 2 rings (SSSR count). The second-order valence-corrected chi connectivity index (χ2v) is 4.77. The first-order valence-electron chi connectivity index (χ1n) is 5.59. The first-order chi connectivity index (χ1) is 8.12. The van der Waals surface area contributed by atoms with Gasteiger partial charge in [0, 0.05) is 17.9 Å². The smallest absolute Gasteiger partial charge is 0.0991 e. The molecule has 1 aromatic carbocycles. The summed E-state index contributed by atoms with van der Waals surface area (Å²) in [5, 5.41) is 8.88. The molecule has 0 radical (unpaired) electrons. The van der Waals surface area contributed by atoms with Crippen molar-refractivity contribution >= 4 is 0 Å². The Bertz CT molecular complexity index is 533. The van der Waals surface area contributed by atoms with Crippen molar-refractivity contribution in [3.05, 3.63) is 54.1 Å². The van der Waals surface area contributed by atoms with E-state index in [0.717, 1.165) is 6.42 Å². The standard InChI is InChI=1S/C14H15N3/c1-14(2,17-7-6-16-11-17)9-12-4-3-5-13(8-12)10-15/h3-8,11H,9H2,1-2H3. The van der Waals surface area contributed by atoms with Crippen LogP contribution in [0.3, 0.4) is 0 Å². The van der Waals surface area contributed by atoms with Crippen LogP contribution in [0.15, 0.2) is 43.0 Å². The predicted octanol–water partition coefficient (Wildman–Crippen LogP) is 2.73. The zero-order chi connectivity index (χ0) is 12.3. The number of hydrogen-bond donors (Lipinski definition) is 0. The van der Waals surface area contributed by atoms with Crippen molar-refractivity contribution in [1.82, 2.24) is 9.55 Å². The molecule has 0 aliphatic rings. The predicted molar refractivity (Wildman–Crippen MR) is 66.4 cm³/mol. The average Bonchev–Trinajstić information content (AvgIpc) is 2.83. The molecule has 1 aromatic heterocycles. The van der Waals surface area contributed by atoms with Crippen LogP contribution in [0.2, 0.25) is 0 Å². The first kappa shape index (κ1) is 11.4. The van der Waals surface area contributed by atoms with Gasteiger partial charge in [0.1, 0.15) is 0 Å². The van der Waals surface area contributed by atoms with Crippen LogP contribution in [-0.2, 0) is 12.0 Å². The molecule has 3 nitrogen and oxygen atoms in total. The third-order valence-corrected chi connectivity index (χ3v) is 2.90. The monoisotopic (exact) mass is 225 g/mol. The van der Waals surface area contributed by atoms with E-state index in [1.54, 1.807) is 6.20 Å². The maximum atomic E-state index is 8.88. The SMILES string of the molecule is CC(C)(Cc1cccc(C#N)c1)n1ccnc1. The summed E-state index contributed by atoms with van der Waals surface area (Å²) in [6.07, 6.45) is 6.45. The van der Waals surface area contributed by atoms with Crippen LogP contribution in [0.1, 0.15) is 25.0 Å². The number of nitrogens with zero attached hydrogens (tertiary/aromatic N) is 3. The fourth-order valence-corrected chi connectivity index (χ4v) is 1.96. The van der Waals surface area contributed by atoms with E-state index in [2.05, 4.69) is 35.5 Å². The second-order valence-electron chi connectivity index (χ2n) is 4.77. The van der Waals surface area contributed by atoms with Gasteiger partial charge in [-0.05, 0) is 38.0 Å². The number of nitriles is 1. The summed E-state index contributed by atoms with van der Waals surface area (Å²) in [4.78, 5) is 4.07. The quantitative estimate of drug-likeness (QED) is 0.806. The molecule has 0 unspecified atom stereocenters. The molecule has 0 N–H and O–H groups in total. The average molecular weight is 225 g/mol. The minimum absolute atomic E-state index is 0.0371. The molecule has 0 bridgehead atoms. The van der Waals surface area contributed by atoms with Crippen molar-refractivity contribution in [2.24, 2.45) is 0 Å². The zero-order valence-electron chi connectivity index (χ0n) is 10.1. The van der Waals surface area contributed by atoms with Gasteiger partial charge in [0.05, 0.1) is 18.0 Å². The Morgan fingerprint density at radius 3 is 2.88 bits per heavy atom. The van der Waals surface area contributed by atoms with Gasteiger partial charge in [-0.15, -0.1) is 0 Å². The number of hydrogen-bond acceptors (Lipinski definition) is 2. The third kappa shape index (κ3) is 2.54. The van der Waals surface area contributed by atoms with E-state index in [-0.39, 0.29) is 5.54 Å². The van der Waals surface area contributed by atoms with Crippen molar-refractivity contribution in [2.75, 3.05) is 0 Å². The molecule has 3 heteroatoms. The molecule has 2 aromatic rings. The van der Waals surface area contributed by atoms with Crippen molar-refractivity contribution in [3.8, 4) is 6.07 Å². The van der Waals surface area contributed by atoms with Gasteiger partial charge in [0.25, 0.3) is 0 Å². The number of benzene rings is 1. The van der Waals surface area contributed by atoms with E-state index in [0.29, 0.717) is 5.56 Å². The summed E-state index contributed by atoms with van der Waals surface area (Å²) in [5.41, 5.74) is 1.84. The topological polar surface area (TPSA) is 41.6 Å². The molecule has 0 aliphatic carbocycles. The van der Waals surface area contributed by atoms with Crippen LogP contribution in [0.25, 0.3) is 0 Å². The Kier molecular flexibility index (Phi) is 2.97. The lowest BCUT2D eigenvalue weighted by Gasteiger charge is -2.26. The Morgan fingerprint density at radius 2 is 2.24 bits per heavy atom. The number of rotatable bonds is 3. The second kappa shape index (κ2) is 4.42. The van der Waals surface area contributed by atoms with Gasteiger partial charge < -0.3 is 4.57 Å². The fraction of sp³-hybridized carbons (Fsp3) is 0.286. The van der Waals surface area contributed by atoms with Crippen LogP contribution in [0.5, 0.6) is 0 Å². The summed E-state index contributed by atoms with van der Waals surface area (Å²) in [6.45, 7) is 4.32. The van der Waals surface area contributed by atoms with E-state index < -0.39 is 0 Å². The molecule has 86 valence electrons. The van der Waals surface area contributed by atoms with Crippen molar-refractivity contribution in [2.45, 2.75) is 25.8 Å². The van der Waals surface area contributed by atoms with E-state index in [4.69, 9.17) is 5.26 Å². The van der Waals surface area contributed by atoms with E-state index in [1.807, 2.05) is 30.7 Å². The van der Waals surface area contributed by atoms with Gasteiger partial charge in [0.2, 0.25) is 0 Å². The summed E-state index contributed by atoms with van der Waals surface area (Å²) in [5.74, 6) is 0. The van der Waals surface area contributed by atoms with E-state index in [9.17, 15) is 0 Å². The normalized spacial score (nSPS) is 11.1. The van der Waals surface area contributed by atoms with Gasteiger partial charge in [0.15, 0.2) is 0 Å². The number of imidazole rings is 1. The molecule has 0 atom stereocenters. The van der Waals surface area contributed by atoms with E-state index in [1.165, 1.54) is 5.56 Å². The maximum absolute atomic E-state index is 8.88. The highest BCUT2D eigenvalue weighted by Gasteiger charge is 2.19. The van der Waals surface area contributed by atoms with Gasteiger partial charge in [-0.2, -0.15) is 5.26 Å². The summed E-state index contributed by atoms with van der Waals surface area (Å²) in [7, 11) is 0. The van der Waals surface area contributed by atoms with Crippen LogP contribution in [-0.4, -0.2) is 9.55 Å². The minimum atomic E-state index is -0.0371. The summed E-state index contributed by atoms with van der Waals surface area (Å²) >= 11 is 0. The van der Waals surface area contributed by atoms with Gasteiger partial charge in [-0.1, -0.05) is 12.1 Å². The lowest BCUT2D eigenvalue weighted by atomic mass is 9.94. The minimum Gasteiger partial charge on any atom is -0.332 e. The molecule has 17 heavy (non-hydrogen) atoms. The zero-order valence-corrected chi connectivity index (χ0v) is 10.1. The van der Waals surface area contributed by atoms with Crippen molar-refractivity contribution < 1.29 is 0 Å². The van der Waals surface area contributed by atoms with Crippen molar-refractivity contribution in [3.63, 3.8) is 0 Å². The Labute approximate surface area is 101 Å². The Balaban J connectivity index is 2.23. The Hall–Kier alpha value is -2.08. The molecule has 0 aliphatic heterocycles. The lowest BCUT2D eigenvalue weighted by molar-refractivity contribution is 0.352. The van der Waals surface area contributed by atoms with Crippen LogP contribution < -0.4 is 0 Å². The highest BCUT2D eigenvalue weighted by atomic mass is 15.1. The lowest BCUT2D eigenvalue weighted by Crippen LogP contribution is -2.27. The highest BCUT2D eigenvalue weighted by Crippen LogP contribution is 2.21. The van der Waals surface area contributed by atoms with Crippen LogP contribution in [0, 0.1) is 11.3 Å². The molecular weight excluding hydrogens is 210 g/mol. The maximum Gasteiger partial charge on any atom is 0.0991 e.